The molecule has 0 aliphatic rings. The molecular weight excluding hydrogens is 471 g/mol. The molecule has 29 heavy (non-hydrogen) atoms. The number of ether oxygens (including phenoxy) is 1. The van der Waals surface area contributed by atoms with Crippen LogP contribution in [-0.4, -0.2) is 21.6 Å². The molecule has 0 aromatic heterocycles. The second-order valence-corrected chi connectivity index (χ2v) is 14.0. The molecule has 0 aliphatic heterocycles. The van der Waals surface area contributed by atoms with E-state index in [1.54, 1.807) is 0 Å². The van der Waals surface area contributed by atoms with Gasteiger partial charge in [0.25, 0.3) is 0 Å². The minimum atomic E-state index is -1.61. The number of aliphatic hydroxyl groups is 1. The summed E-state index contributed by atoms with van der Waals surface area (Å²) in [4.78, 5) is 4.44. The molecule has 3 heteroatoms. The molecular formula is C26H39IO2. The van der Waals surface area contributed by atoms with Crippen LogP contribution < -0.4 is 4.74 Å². The van der Waals surface area contributed by atoms with Crippen molar-refractivity contribution in [3.63, 3.8) is 0 Å². The summed E-state index contributed by atoms with van der Waals surface area (Å²) in [7, 11) is 0. The molecule has 2 unspecified atom stereocenters. The van der Waals surface area contributed by atoms with Crippen LogP contribution in [0, 0.1) is 5.92 Å². The van der Waals surface area contributed by atoms with Crippen LogP contribution in [0.15, 0.2) is 54.6 Å². The average molecular weight is 511 g/mol. The Hall–Kier alpha value is -1.07. The van der Waals surface area contributed by atoms with Gasteiger partial charge in [-0.3, -0.25) is 0 Å². The van der Waals surface area contributed by atoms with Crippen LogP contribution >= 0.6 is 19.8 Å². The molecule has 1 N–H and O–H groups in total. The Morgan fingerprint density at radius 3 is 2.00 bits per heavy atom. The van der Waals surface area contributed by atoms with E-state index in [1.165, 1.54) is 44.9 Å². The quantitative estimate of drug-likeness (QED) is 0.173. The van der Waals surface area contributed by atoms with Crippen LogP contribution in [0.3, 0.4) is 0 Å². The molecule has 2 atom stereocenters. The van der Waals surface area contributed by atoms with Crippen LogP contribution in [0.5, 0.6) is 5.75 Å². The fourth-order valence-corrected chi connectivity index (χ4v) is 6.95. The third-order valence-electron chi connectivity index (χ3n) is 5.61. The van der Waals surface area contributed by atoms with Crippen molar-refractivity contribution in [3.8, 4) is 5.75 Å². The molecule has 162 valence electrons. The molecule has 0 saturated carbocycles. The molecule has 0 saturated heterocycles. The number of hydrogen-bond donors (Lipinski definition) is 1. The minimum absolute atomic E-state index is 0.645. The third-order valence-corrected chi connectivity index (χ3v) is 9.98. The van der Waals surface area contributed by atoms with Crippen molar-refractivity contribution >= 4 is 19.8 Å². The van der Waals surface area contributed by atoms with Crippen molar-refractivity contribution in [1.29, 1.82) is 0 Å². The first kappa shape index (κ1) is 24.2. The summed E-state index contributed by atoms with van der Waals surface area (Å²) >= 11 is -1.61. The molecule has 0 aliphatic carbocycles. The summed E-state index contributed by atoms with van der Waals surface area (Å²) in [5, 5.41) is 11.6. The Labute approximate surface area is 185 Å². The number of hydrogen-bond acceptors (Lipinski definition) is 2. The van der Waals surface area contributed by atoms with Gasteiger partial charge in [-0.15, -0.1) is 0 Å². The van der Waals surface area contributed by atoms with Gasteiger partial charge in [0.15, 0.2) is 0 Å². The normalized spacial score (nSPS) is 14.9. The summed E-state index contributed by atoms with van der Waals surface area (Å²) in [6, 6.07) is 18.3. The zero-order valence-corrected chi connectivity index (χ0v) is 20.8. The van der Waals surface area contributed by atoms with Gasteiger partial charge in [0.2, 0.25) is 0 Å². The third kappa shape index (κ3) is 6.99. The van der Waals surface area contributed by atoms with Crippen molar-refractivity contribution in [2.24, 2.45) is 5.92 Å². The first-order chi connectivity index (χ1) is 14.0. The molecule has 2 aromatic rings. The second kappa shape index (κ2) is 12.6. The maximum atomic E-state index is 11.6. The van der Waals surface area contributed by atoms with Crippen LogP contribution in [0.4, 0.5) is 0 Å². The first-order valence-electron chi connectivity index (χ1n) is 11.0. The standard InChI is InChI=1S/C26H39IO2/c1-5-7-10-14-22(13-8-6-2)21-29-25-19-17-24(18-20-25)26(28,27(3)4)23-15-11-9-12-16-23/h9,11-12,15-20,22,28H,5-8,10,13-14,21H2,1-4H3. The molecule has 2 aromatic carbocycles. The van der Waals surface area contributed by atoms with E-state index in [0.717, 1.165) is 23.5 Å². The van der Waals surface area contributed by atoms with Gasteiger partial charge in [-0.1, -0.05) is 6.92 Å². The van der Waals surface area contributed by atoms with E-state index in [4.69, 9.17) is 4.74 Å². The summed E-state index contributed by atoms with van der Waals surface area (Å²) < 4.78 is 5.32. The number of halogens is 1. The van der Waals surface area contributed by atoms with Gasteiger partial charge >= 0.3 is 179 Å². The second-order valence-electron chi connectivity index (χ2n) is 8.08. The van der Waals surface area contributed by atoms with Crippen LogP contribution in [0.2, 0.25) is 0 Å². The average Bonchev–Trinajstić information content (AvgIpc) is 2.75. The Morgan fingerprint density at radius 1 is 0.828 bits per heavy atom. The van der Waals surface area contributed by atoms with E-state index < -0.39 is 23.4 Å². The topological polar surface area (TPSA) is 29.5 Å². The molecule has 0 bridgehead atoms. The SMILES string of the molecule is CCCCCC(CCCC)COc1ccc(C(O)(c2ccccc2)I(C)C)cc1. The monoisotopic (exact) mass is 510 g/mol. The molecule has 0 spiro atoms. The van der Waals surface area contributed by atoms with Crippen molar-refractivity contribution in [3.05, 3.63) is 65.7 Å². The van der Waals surface area contributed by atoms with Gasteiger partial charge < -0.3 is 0 Å². The molecule has 2 nitrogen and oxygen atoms in total. The molecule has 0 heterocycles. The molecule has 0 radical (unpaired) electrons. The van der Waals surface area contributed by atoms with E-state index >= 15 is 0 Å². The Bertz CT molecular complexity index is 684. The maximum absolute atomic E-state index is 11.6. The summed E-state index contributed by atoms with van der Waals surface area (Å²) in [5.41, 5.74) is 1.98. The Morgan fingerprint density at radius 2 is 1.41 bits per heavy atom. The summed E-state index contributed by atoms with van der Waals surface area (Å²) in [6.45, 7) is 5.32. The van der Waals surface area contributed by atoms with Gasteiger partial charge in [-0.25, -0.2) is 0 Å². The van der Waals surface area contributed by atoms with Crippen LogP contribution in [0.1, 0.15) is 69.9 Å². The summed E-state index contributed by atoms with van der Waals surface area (Å²) in [6.07, 6.45) is 8.93. The van der Waals surface area contributed by atoms with Gasteiger partial charge in [-0.2, -0.15) is 0 Å². The number of unbranched alkanes of at least 4 members (excludes halogenated alkanes) is 3. The first-order valence-corrected chi connectivity index (χ1v) is 16.4. The summed E-state index contributed by atoms with van der Waals surface area (Å²) in [5.74, 6) is 1.56. The fourth-order valence-electron chi connectivity index (χ4n) is 3.74. The Kier molecular flexibility index (Phi) is 10.5. The van der Waals surface area contributed by atoms with E-state index in [1.807, 2.05) is 42.5 Å². The number of alkyl halides is 3. The fraction of sp³-hybridized carbons (Fsp3) is 0.538. The van der Waals surface area contributed by atoms with Crippen molar-refractivity contribution < 1.29 is 9.84 Å². The van der Waals surface area contributed by atoms with Gasteiger partial charge in [0.1, 0.15) is 0 Å². The molecule has 0 amide bonds. The van der Waals surface area contributed by atoms with Crippen molar-refractivity contribution in [2.45, 2.75) is 62.4 Å². The van der Waals surface area contributed by atoms with Crippen molar-refractivity contribution in [1.82, 2.24) is 0 Å². The van der Waals surface area contributed by atoms with Gasteiger partial charge in [0.05, 0.1) is 0 Å². The van der Waals surface area contributed by atoms with Gasteiger partial charge in [0, 0.05) is 0 Å². The van der Waals surface area contributed by atoms with Crippen LogP contribution in [0.25, 0.3) is 0 Å². The van der Waals surface area contributed by atoms with Gasteiger partial charge in [-0.05, 0) is 0 Å². The van der Waals surface area contributed by atoms with E-state index in [2.05, 4.69) is 35.8 Å². The predicted molar refractivity (Wildman–Crippen MR) is 134 cm³/mol. The zero-order valence-electron chi connectivity index (χ0n) is 18.7. The van der Waals surface area contributed by atoms with E-state index in [9.17, 15) is 5.11 Å². The Balaban J connectivity index is 2.06. The number of rotatable bonds is 13. The number of benzene rings is 2. The zero-order chi connectivity index (χ0) is 21.1. The van der Waals surface area contributed by atoms with E-state index in [0.29, 0.717) is 5.92 Å². The van der Waals surface area contributed by atoms with E-state index in [-0.39, 0.29) is 0 Å². The molecule has 0 fully saturated rings. The van der Waals surface area contributed by atoms with Crippen molar-refractivity contribution in [2.75, 3.05) is 16.5 Å². The van der Waals surface area contributed by atoms with Crippen LogP contribution in [-0.2, 0) is 3.61 Å². The predicted octanol–water partition coefficient (Wildman–Crippen LogP) is 7.41. The molecule has 2 rings (SSSR count).